The average Bonchev–Trinajstić information content (AvgIpc) is 2.43. The van der Waals surface area contributed by atoms with Crippen molar-refractivity contribution < 1.29 is 13.2 Å². The van der Waals surface area contributed by atoms with E-state index in [0.717, 1.165) is 6.42 Å². The van der Waals surface area contributed by atoms with Crippen molar-refractivity contribution in [2.24, 2.45) is 11.7 Å². The van der Waals surface area contributed by atoms with Gasteiger partial charge in [0.1, 0.15) is 0 Å². The lowest BCUT2D eigenvalue weighted by atomic mass is 10.1. The van der Waals surface area contributed by atoms with Gasteiger partial charge in [0.25, 0.3) is 5.91 Å². The molecule has 1 aromatic heterocycles. The minimum Gasteiger partial charge on any atom is -0.366 e. The molecule has 0 fully saturated rings. The number of nitrogens with zero attached hydrogens (tertiary/aromatic N) is 1. The van der Waals surface area contributed by atoms with Crippen LogP contribution in [0.1, 0.15) is 37.6 Å². The minimum atomic E-state index is -3.65. The van der Waals surface area contributed by atoms with Gasteiger partial charge in [0.05, 0.1) is 11.3 Å². The number of sulfone groups is 1. The number of amides is 1. The number of primary amides is 1. The summed E-state index contributed by atoms with van der Waals surface area (Å²) in [4.78, 5) is 15.2. The summed E-state index contributed by atoms with van der Waals surface area (Å²) in [6, 6.07) is 3.17. The summed E-state index contributed by atoms with van der Waals surface area (Å²) in [5, 5.41) is 3.01. The van der Waals surface area contributed by atoms with Crippen LogP contribution in [0, 0.1) is 5.92 Å². The largest absolute Gasteiger partial charge is 0.366 e. The van der Waals surface area contributed by atoms with Crippen LogP contribution in [0.3, 0.4) is 0 Å². The molecule has 0 bridgehead atoms. The number of aromatic nitrogens is 1. The van der Waals surface area contributed by atoms with E-state index < -0.39 is 15.7 Å². The Morgan fingerprint density at radius 1 is 1.43 bits per heavy atom. The van der Waals surface area contributed by atoms with E-state index in [9.17, 15) is 13.2 Å². The summed E-state index contributed by atoms with van der Waals surface area (Å²) in [6.45, 7) is 6.55. The lowest BCUT2D eigenvalue weighted by Crippen LogP contribution is -2.32. The van der Waals surface area contributed by atoms with E-state index in [4.69, 9.17) is 5.73 Å². The lowest BCUT2D eigenvalue weighted by Gasteiger charge is -2.18. The molecule has 1 atom stereocenters. The Hall–Kier alpha value is -1.47. The van der Waals surface area contributed by atoms with E-state index in [0.29, 0.717) is 6.54 Å². The van der Waals surface area contributed by atoms with Crippen molar-refractivity contribution >= 4 is 15.7 Å². The van der Waals surface area contributed by atoms with Crippen LogP contribution >= 0.6 is 0 Å². The number of hydrogen-bond acceptors (Lipinski definition) is 5. The number of carbonyl (C=O) groups is 1. The quantitative estimate of drug-likeness (QED) is 0.745. The molecule has 0 aliphatic carbocycles. The standard InChI is InChI=1S/C14H23N3O3S/c1-4-11(8-17-10(2)3)9-21(19,20)14-12(13(15)18)6-5-7-16-14/h5-7,10-11,17H,4,8-9H2,1-3H3,(H2,15,18). The van der Waals surface area contributed by atoms with Crippen LogP contribution in [0.25, 0.3) is 0 Å². The Labute approximate surface area is 126 Å². The first kappa shape index (κ1) is 17.6. The van der Waals surface area contributed by atoms with Crippen molar-refractivity contribution in [3.63, 3.8) is 0 Å². The highest BCUT2D eigenvalue weighted by Crippen LogP contribution is 2.17. The molecule has 6 nitrogen and oxygen atoms in total. The molecule has 0 saturated carbocycles. The highest BCUT2D eigenvalue weighted by molar-refractivity contribution is 7.91. The number of hydrogen-bond donors (Lipinski definition) is 2. The first-order valence-corrected chi connectivity index (χ1v) is 8.64. The van der Waals surface area contributed by atoms with Crippen molar-refractivity contribution in [2.75, 3.05) is 12.3 Å². The molecular weight excluding hydrogens is 290 g/mol. The fourth-order valence-electron chi connectivity index (χ4n) is 1.94. The molecule has 0 radical (unpaired) electrons. The molecule has 21 heavy (non-hydrogen) atoms. The molecule has 3 N–H and O–H groups in total. The molecule has 0 aliphatic heterocycles. The highest BCUT2D eigenvalue weighted by Gasteiger charge is 2.26. The predicted molar refractivity (Wildman–Crippen MR) is 81.7 cm³/mol. The van der Waals surface area contributed by atoms with Crippen LogP contribution in [0.2, 0.25) is 0 Å². The zero-order valence-electron chi connectivity index (χ0n) is 12.7. The number of nitrogens with two attached hydrogens (primary N) is 1. The van der Waals surface area contributed by atoms with Gasteiger partial charge in [-0.1, -0.05) is 27.2 Å². The van der Waals surface area contributed by atoms with Crippen molar-refractivity contribution in [1.29, 1.82) is 0 Å². The zero-order chi connectivity index (χ0) is 16.0. The Bertz CT molecular complexity index is 585. The van der Waals surface area contributed by atoms with Gasteiger partial charge in [0.2, 0.25) is 0 Å². The molecule has 0 spiro atoms. The smallest absolute Gasteiger partial charge is 0.251 e. The fraction of sp³-hybridized carbons (Fsp3) is 0.571. The first-order chi connectivity index (χ1) is 9.77. The van der Waals surface area contributed by atoms with E-state index in [-0.39, 0.29) is 28.3 Å². The predicted octanol–water partition coefficient (Wildman–Crippen LogP) is 0.978. The maximum Gasteiger partial charge on any atom is 0.251 e. The molecule has 7 heteroatoms. The average molecular weight is 313 g/mol. The van der Waals surface area contributed by atoms with Gasteiger partial charge in [0, 0.05) is 12.2 Å². The van der Waals surface area contributed by atoms with Crippen molar-refractivity contribution in [3.05, 3.63) is 23.9 Å². The summed E-state index contributed by atoms with van der Waals surface area (Å²) in [5.74, 6) is -0.879. The summed E-state index contributed by atoms with van der Waals surface area (Å²) < 4.78 is 24.9. The van der Waals surface area contributed by atoms with Gasteiger partial charge >= 0.3 is 0 Å². The van der Waals surface area contributed by atoms with Crippen molar-refractivity contribution in [1.82, 2.24) is 10.3 Å². The lowest BCUT2D eigenvalue weighted by molar-refractivity contribution is 0.0996. The second-order valence-electron chi connectivity index (χ2n) is 5.34. The Balaban J connectivity index is 2.98. The molecule has 1 amide bonds. The second kappa shape index (κ2) is 7.51. The third kappa shape index (κ3) is 5.09. The van der Waals surface area contributed by atoms with Gasteiger partial charge in [-0.15, -0.1) is 0 Å². The molecule has 1 rings (SSSR count). The van der Waals surface area contributed by atoms with Crippen LogP contribution < -0.4 is 11.1 Å². The van der Waals surface area contributed by atoms with Crippen LogP contribution in [-0.2, 0) is 9.84 Å². The summed E-state index contributed by atoms with van der Waals surface area (Å²) in [6.07, 6.45) is 2.07. The number of rotatable bonds is 8. The molecule has 1 unspecified atom stereocenters. The van der Waals surface area contributed by atoms with Gasteiger partial charge in [-0.05, 0) is 24.6 Å². The van der Waals surface area contributed by atoms with Crippen molar-refractivity contribution in [3.8, 4) is 0 Å². The van der Waals surface area contributed by atoms with Crippen LogP contribution in [0.5, 0.6) is 0 Å². The van der Waals surface area contributed by atoms with E-state index in [2.05, 4.69) is 10.3 Å². The Morgan fingerprint density at radius 3 is 2.62 bits per heavy atom. The second-order valence-corrected chi connectivity index (χ2v) is 7.29. The summed E-state index contributed by atoms with van der Waals surface area (Å²) in [7, 11) is -3.65. The van der Waals surface area contributed by atoms with Crippen LogP contribution in [0.15, 0.2) is 23.4 Å². The minimum absolute atomic E-state index is 0.0415. The van der Waals surface area contributed by atoms with Crippen molar-refractivity contribution in [2.45, 2.75) is 38.3 Å². The van der Waals surface area contributed by atoms with E-state index in [1.54, 1.807) is 0 Å². The molecule has 0 aliphatic rings. The monoisotopic (exact) mass is 313 g/mol. The number of carbonyl (C=O) groups excluding carboxylic acids is 1. The SMILES string of the molecule is CCC(CNC(C)C)CS(=O)(=O)c1ncccc1C(N)=O. The zero-order valence-corrected chi connectivity index (χ0v) is 13.5. The van der Waals surface area contributed by atoms with Gasteiger partial charge in [-0.2, -0.15) is 0 Å². The van der Waals surface area contributed by atoms with E-state index in [1.165, 1.54) is 18.3 Å². The fourth-order valence-corrected chi connectivity index (χ4v) is 3.80. The first-order valence-electron chi connectivity index (χ1n) is 6.98. The highest BCUT2D eigenvalue weighted by atomic mass is 32.2. The Morgan fingerprint density at radius 2 is 2.10 bits per heavy atom. The van der Waals surface area contributed by atoms with Gasteiger partial charge in [0.15, 0.2) is 14.9 Å². The summed E-state index contributed by atoms with van der Waals surface area (Å²) >= 11 is 0. The number of pyridine rings is 1. The molecule has 1 aromatic rings. The maximum absolute atomic E-state index is 12.5. The van der Waals surface area contributed by atoms with Crippen LogP contribution in [0.4, 0.5) is 0 Å². The normalized spacial score (nSPS) is 13.3. The maximum atomic E-state index is 12.5. The Kier molecular flexibility index (Phi) is 6.29. The van der Waals surface area contributed by atoms with E-state index in [1.807, 2.05) is 20.8 Å². The molecule has 0 saturated heterocycles. The van der Waals surface area contributed by atoms with E-state index >= 15 is 0 Å². The van der Waals surface area contributed by atoms with Crippen LogP contribution in [-0.4, -0.2) is 37.6 Å². The van der Waals surface area contributed by atoms with Gasteiger partial charge in [-0.25, -0.2) is 13.4 Å². The summed E-state index contributed by atoms with van der Waals surface area (Å²) in [5.41, 5.74) is 5.17. The molecule has 0 aromatic carbocycles. The third-order valence-electron chi connectivity index (χ3n) is 3.18. The topological polar surface area (TPSA) is 102 Å². The molecular formula is C14H23N3O3S. The number of nitrogens with one attached hydrogen (secondary N) is 1. The third-order valence-corrected chi connectivity index (χ3v) is 5.00. The van der Waals surface area contributed by atoms with Gasteiger partial charge in [-0.3, -0.25) is 4.79 Å². The molecule has 118 valence electrons. The molecule has 1 heterocycles. The van der Waals surface area contributed by atoms with Gasteiger partial charge < -0.3 is 11.1 Å².